The number of nitrogens with one attached hydrogen (secondary N) is 1. The summed E-state index contributed by atoms with van der Waals surface area (Å²) in [7, 11) is 0. The summed E-state index contributed by atoms with van der Waals surface area (Å²) in [4.78, 5) is 13.0. The highest BCUT2D eigenvalue weighted by atomic mass is 35.5. The van der Waals surface area contributed by atoms with Crippen molar-refractivity contribution in [2.24, 2.45) is 0 Å². The lowest BCUT2D eigenvalue weighted by Crippen LogP contribution is -2.33. The van der Waals surface area contributed by atoms with Crippen molar-refractivity contribution < 1.29 is 4.79 Å². The number of thioether (sulfide) groups is 1. The van der Waals surface area contributed by atoms with Crippen molar-refractivity contribution in [3.8, 4) is 0 Å². The van der Waals surface area contributed by atoms with Crippen molar-refractivity contribution in [3.05, 3.63) is 70.1 Å². The Labute approximate surface area is 142 Å². The van der Waals surface area contributed by atoms with Gasteiger partial charge in [0.25, 0.3) is 5.91 Å². The molecule has 0 saturated carbocycles. The van der Waals surface area contributed by atoms with Gasteiger partial charge in [-0.25, -0.2) is 5.01 Å². The van der Waals surface area contributed by atoms with Gasteiger partial charge in [0.2, 0.25) is 0 Å². The number of para-hydroxylation sites is 1. The molecule has 0 aromatic heterocycles. The zero-order valence-electron chi connectivity index (χ0n) is 11.3. The second-order valence-electron chi connectivity index (χ2n) is 4.55. The van der Waals surface area contributed by atoms with Gasteiger partial charge >= 0.3 is 0 Å². The summed E-state index contributed by atoms with van der Waals surface area (Å²) >= 11 is 12.5. The molecule has 3 rings (SSSR count). The quantitative estimate of drug-likeness (QED) is 0.652. The van der Waals surface area contributed by atoms with Gasteiger partial charge in [0.05, 0.1) is 10.6 Å². The lowest BCUT2D eigenvalue weighted by molar-refractivity contribution is -0.121. The van der Waals surface area contributed by atoms with Crippen molar-refractivity contribution in [1.29, 1.82) is 0 Å². The van der Waals surface area contributed by atoms with Crippen LogP contribution in [0.3, 0.4) is 0 Å². The lowest BCUT2D eigenvalue weighted by Gasteiger charge is -2.16. The number of anilines is 1. The number of hydrazine groups is 1. The average Bonchev–Trinajstić information content (AvgIpc) is 2.76. The standard InChI is InChI=1S/C16H11ClN2OS2/c17-12-6-4-5-11(9-12)10-14-15(20)19(16(21)22-14)18-13-7-2-1-3-8-13/h1-10,18H/b14-10+. The van der Waals surface area contributed by atoms with Crippen LogP contribution in [0.25, 0.3) is 6.08 Å². The molecule has 22 heavy (non-hydrogen) atoms. The SMILES string of the molecule is O=C1/C(=C\c2cccc(Cl)c2)SC(=S)N1Nc1ccccc1. The van der Waals surface area contributed by atoms with Crippen molar-refractivity contribution in [1.82, 2.24) is 5.01 Å². The van der Waals surface area contributed by atoms with Crippen LogP contribution in [-0.4, -0.2) is 15.2 Å². The summed E-state index contributed by atoms with van der Waals surface area (Å²) in [5.41, 5.74) is 4.70. The van der Waals surface area contributed by atoms with E-state index in [2.05, 4.69) is 5.43 Å². The number of rotatable bonds is 3. The molecule has 1 aliphatic heterocycles. The van der Waals surface area contributed by atoms with E-state index in [1.807, 2.05) is 42.5 Å². The Balaban J connectivity index is 1.82. The number of amides is 1. The third-order valence-electron chi connectivity index (χ3n) is 2.95. The smallest absolute Gasteiger partial charge is 0.285 e. The van der Waals surface area contributed by atoms with Crippen LogP contribution in [0.4, 0.5) is 5.69 Å². The van der Waals surface area contributed by atoms with E-state index in [4.69, 9.17) is 23.8 Å². The summed E-state index contributed by atoms with van der Waals surface area (Å²) in [6, 6.07) is 16.8. The van der Waals surface area contributed by atoms with Crippen LogP contribution in [0.1, 0.15) is 5.56 Å². The molecule has 0 aliphatic carbocycles. The molecule has 1 fully saturated rings. The number of thiocarbonyl (C=S) groups is 1. The number of carbonyl (C=O) groups excluding carboxylic acids is 1. The molecule has 1 heterocycles. The van der Waals surface area contributed by atoms with E-state index in [0.29, 0.717) is 14.2 Å². The van der Waals surface area contributed by atoms with Crippen LogP contribution in [0.2, 0.25) is 5.02 Å². The van der Waals surface area contributed by atoms with Crippen molar-refractivity contribution >= 4 is 57.6 Å². The van der Waals surface area contributed by atoms with E-state index in [9.17, 15) is 4.79 Å². The van der Waals surface area contributed by atoms with E-state index in [0.717, 1.165) is 11.3 Å². The van der Waals surface area contributed by atoms with E-state index in [1.54, 1.807) is 18.2 Å². The van der Waals surface area contributed by atoms with E-state index in [-0.39, 0.29) is 5.91 Å². The van der Waals surface area contributed by atoms with Crippen LogP contribution in [0, 0.1) is 0 Å². The number of hydrogen-bond donors (Lipinski definition) is 1. The Morgan fingerprint density at radius 2 is 1.91 bits per heavy atom. The first-order valence-electron chi connectivity index (χ1n) is 6.49. The Bertz CT molecular complexity index is 762. The van der Waals surface area contributed by atoms with Crippen molar-refractivity contribution in [2.45, 2.75) is 0 Å². The van der Waals surface area contributed by atoms with Gasteiger partial charge in [-0.2, -0.15) is 0 Å². The normalized spacial score (nSPS) is 16.4. The summed E-state index contributed by atoms with van der Waals surface area (Å²) in [5, 5.41) is 2.01. The predicted octanol–water partition coefficient (Wildman–Crippen LogP) is 4.57. The minimum atomic E-state index is -0.168. The highest BCUT2D eigenvalue weighted by Crippen LogP contribution is 2.33. The molecule has 110 valence electrons. The Morgan fingerprint density at radius 1 is 1.14 bits per heavy atom. The molecular weight excluding hydrogens is 336 g/mol. The zero-order valence-corrected chi connectivity index (χ0v) is 13.7. The molecule has 1 saturated heterocycles. The predicted molar refractivity (Wildman–Crippen MR) is 96.5 cm³/mol. The van der Waals surface area contributed by atoms with Gasteiger partial charge in [-0.1, -0.05) is 53.7 Å². The number of carbonyl (C=O) groups is 1. The van der Waals surface area contributed by atoms with Crippen LogP contribution in [0.5, 0.6) is 0 Å². The summed E-state index contributed by atoms with van der Waals surface area (Å²) in [6.07, 6.45) is 1.79. The number of nitrogens with zero attached hydrogens (tertiary/aromatic N) is 1. The summed E-state index contributed by atoms with van der Waals surface area (Å²) in [6.45, 7) is 0. The minimum Gasteiger partial charge on any atom is -0.290 e. The fourth-order valence-corrected chi connectivity index (χ4v) is 3.33. The number of benzene rings is 2. The molecule has 3 nitrogen and oxygen atoms in total. The van der Waals surface area contributed by atoms with Gasteiger partial charge in [0.15, 0.2) is 4.32 Å². The van der Waals surface area contributed by atoms with E-state index >= 15 is 0 Å². The van der Waals surface area contributed by atoms with Crippen LogP contribution in [0.15, 0.2) is 59.5 Å². The first-order valence-corrected chi connectivity index (χ1v) is 8.09. The number of halogens is 1. The van der Waals surface area contributed by atoms with Gasteiger partial charge in [0, 0.05) is 5.02 Å². The Morgan fingerprint density at radius 3 is 2.64 bits per heavy atom. The molecule has 2 aromatic carbocycles. The molecule has 1 N–H and O–H groups in total. The maximum absolute atomic E-state index is 12.5. The van der Waals surface area contributed by atoms with E-state index in [1.165, 1.54) is 16.8 Å². The minimum absolute atomic E-state index is 0.168. The van der Waals surface area contributed by atoms with Gasteiger partial charge in [0.1, 0.15) is 0 Å². The van der Waals surface area contributed by atoms with Gasteiger partial charge < -0.3 is 0 Å². The third-order valence-corrected chi connectivity index (χ3v) is 4.49. The first-order chi connectivity index (χ1) is 10.6. The summed E-state index contributed by atoms with van der Waals surface area (Å²) < 4.78 is 0.474. The topological polar surface area (TPSA) is 32.3 Å². The molecular formula is C16H11ClN2OS2. The van der Waals surface area contributed by atoms with Crippen LogP contribution >= 0.6 is 35.6 Å². The van der Waals surface area contributed by atoms with Crippen molar-refractivity contribution in [2.75, 3.05) is 5.43 Å². The van der Waals surface area contributed by atoms with Gasteiger partial charge in [-0.3, -0.25) is 10.2 Å². The highest BCUT2D eigenvalue weighted by molar-refractivity contribution is 8.26. The fourth-order valence-electron chi connectivity index (χ4n) is 1.95. The first kappa shape index (κ1) is 15.1. The van der Waals surface area contributed by atoms with Gasteiger partial charge in [-0.05, 0) is 48.1 Å². The van der Waals surface area contributed by atoms with E-state index < -0.39 is 0 Å². The maximum atomic E-state index is 12.5. The molecule has 0 radical (unpaired) electrons. The molecule has 0 atom stereocenters. The Hall–Kier alpha value is -1.82. The van der Waals surface area contributed by atoms with Gasteiger partial charge in [-0.15, -0.1) is 0 Å². The van der Waals surface area contributed by atoms with Crippen molar-refractivity contribution in [3.63, 3.8) is 0 Å². The molecule has 6 heteroatoms. The zero-order chi connectivity index (χ0) is 15.5. The number of hydrogen-bond acceptors (Lipinski definition) is 4. The second-order valence-corrected chi connectivity index (χ2v) is 6.66. The summed E-state index contributed by atoms with van der Waals surface area (Å²) in [5.74, 6) is -0.168. The third kappa shape index (κ3) is 3.32. The fraction of sp³-hybridized carbons (Fsp3) is 0. The maximum Gasteiger partial charge on any atom is 0.285 e. The monoisotopic (exact) mass is 346 g/mol. The molecule has 0 bridgehead atoms. The second kappa shape index (κ2) is 6.52. The lowest BCUT2D eigenvalue weighted by atomic mass is 10.2. The average molecular weight is 347 g/mol. The largest absolute Gasteiger partial charge is 0.290 e. The van der Waals surface area contributed by atoms with Crippen LogP contribution < -0.4 is 5.43 Å². The molecule has 1 amide bonds. The molecule has 1 aliphatic rings. The highest BCUT2D eigenvalue weighted by Gasteiger charge is 2.32. The van der Waals surface area contributed by atoms with Crippen LogP contribution in [-0.2, 0) is 4.79 Å². The molecule has 2 aromatic rings. The molecule has 0 unspecified atom stereocenters. The molecule has 0 spiro atoms. The Kier molecular flexibility index (Phi) is 4.47.